The number of pyridine rings is 1. The summed E-state index contributed by atoms with van der Waals surface area (Å²) in [5, 5.41) is 0. The highest BCUT2D eigenvalue weighted by Crippen LogP contribution is 2.21. The van der Waals surface area contributed by atoms with Crippen molar-refractivity contribution in [3.63, 3.8) is 0 Å². The van der Waals surface area contributed by atoms with Crippen LogP contribution in [0.15, 0.2) is 74.8 Å². The Balaban J connectivity index is 1.72. The second-order valence-corrected chi connectivity index (χ2v) is 7.37. The molecular formula is C16H13BrN2O3S. The summed E-state index contributed by atoms with van der Waals surface area (Å²) in [6.45, 7) is 0.162. The van der Waals surface area contributed by atoms with Crippen LogP contribution in [0.2, 0.25) is 0 Å². The van der Waals surface area contributed by atoms with E-state index in [-0.39, 0.29) is 11.4 Å². The van der Waals surface area contributed by atoms with Crippen LogP contribution in [0.4, 0.5) is 0 Å². The van der Waals surface area contributed by atoms with Gasteiger partial charge in [-0.3, -0.25) is 4.98 Å². The van der Waals surface area contributed by atoms with E-state index in [0.29, 0.717) is 15.9 Å². The number of nitrogens with one attached hydrogen (secondary N) is 1. The lowest BCUT2D eigenvalue weighted by Crippen LogP contribution is -2.23. The molecule has 0 bridgehead atoms. The lowest BCUT2D eigenvalue weighted by atomic mass is 10.2. The first kappa shape index (κ1) is 15.9. The van der Waals surface area contributed by atoms with Crippen LogP contribution in [-0.2, 0) is 16.6 Å². The average Bonchev–Trinajstić information content (AvgIpc) is 3.08. The van der Waals surface area contributed by atoms with Gasteiger partial charge in [0.05, 0.1) is 11.2 Å². The van der Waals surface area contributed by atoms with Gasteiger partial charge in [-0.1, -0.05) is 18.2 Å². The lowest BCUT2D eigenvalue weighted by Gasteiger charge is -2.08. The van der Waals surface area contributed by atoms with Crippen LogP contribution in [0.5, 0.6) is 0 Å². The molecule has 2 heterocycles. The Bertz CT molecular complexity index is 891. The highest BCUT2D eigenvalue weighted by molar-refractivity contribution is 9.10. The van der Waals surface area contributed by atoms with Gasteiger partial charge in [0, 0.05) is 17.2 Å². The number of halogens is 1. The third kappa shape index (κ3) is 3.69. The normalized spacial score (nSPS) is 11.5. The van der Waals surface area contributed by atoms with Crippen LogP contribution in [0.1, 0.15) is 5.56 Å². The molecule has 23 heavy (non-hydrogen) atoms. The standard InChI is InChI=1S/C16H13BrN2O3S/c17-13-4-1-2-6-16(13)23(20,21)19-11-12-7-8-14(18-10-12)15-5-3-9-22-15/h1-10,19H,11H2. The van der Waals surface area contributed by atoms with E-state index in [1.165, 1.54) is 0 Å². The third-order valence-corrected chi connectivity index (χ3v) is 5.60. The number of sulfonamides is 1. The van der Waals surface area contributed by atoms with Crippen molar-refractivity contribution in [2.45, 2.75) is 11.4 Å². The minimum atomic E-state index is -3.59. The molecule has 0 atom stereocenters. The molecule has 0 amide bonds. The van der Waals surface area contributed by atoms with E-state index in [4.69, 9.17) is 4.42 Å². The summed E-state index contributed by atoms with van der Waals surface area (Å²) in [5.74, 6) is 0.672. The summed E-state index contributed by atoms with van der Waals surface area (Å²) in [5.41, 5.74) is 1.46. The monoisotopic (exact) mass is 392 g/mol. The zero-order chi connectivity index (χ0) is 16.3. The van der Waals surface area contributed by atoms with E-state index in [0.717, 1.165) is 5.56 Å². The number of furan rings is 1. The Kier molecular flexibility index (Phi) is 4.61. The number of rotatable bonds is 5. The molecular weight excluding hydrogens is 380 g/mol. The van der Waals surface area contributed by atoms with Gasteiger partial charge in [-0.05, 0) is 51.8 Å². The van der Waals surface area contributed by atoms with Gasteiger partial charge in [-0.2, -0.15) is 0 Å². The summed E-state index contributed by atoms with van der Waals surface area (Å²) < 4.78 is 33.0. The number of nitrogens with zero attached hydrogens (tertiary/aromatic N) is 1. The maximum atomic E-state index is 12.3. The number of benzene rings is 1. The Hall–Kier alpha value is -1.96. The van der Waals surface area contributed by atoms with Crippen LogP contribution in [0, 0.1) is 0 Å². The Morgan fingerprint density at radius 2 is 1.91 bits per heavy atom. The van der Waals surface area contributed by atoms with E-state index < -0.39 is 10.0 Å². The molecule has 0 saturated carbocycles. The first-order valence-electron chi connectivity index (χ1n) is 6.79. The molecule has 7 heteroatoms. The predicted molar refractivity (Wildman–Crippen MR) is 90.1 cm³/mol. The maximum absolute atomic E-state index is 12.3. The smallest absolute Gasteiger partial charge is 0.241 e. The van der Waals surface area contributed by atoms with Crippen molar-refractivity contribution in [3.05, 3.63) is 71.0 Å². The fraction of sp³-hybridized carbons (Fsp3) is 0.0625. The van der Waals surface area contributed by atoms with E-state index >= 15 is 0 Å². The van der Waals surface area contributed by atoms with Crippen LogP contribution >= 0.6 is 15.9 Å². The summed E-state index contributed by atoms with van der Waals surface area (Å²) in [4.78, 5) is 4.48. The molecule has 2 aromatic heterocycles. The molecule has 0 fully saturated rings. The minimum absolute atomic E-state index is 0.162. The van der Waals surface area contributed by atoms with Gasteiger partial charge in [0.2, 0.25) is 10.0 Å². The fourth-order valence-electron chi connectivity index (χ4n) is 2.02. The quantitative estimate of drug-likeness (QED) is 0.719. The van der Waals surface area contributed by atoms with E-state index in [1.54, 1.807) is 48.9 Å². The molecule has 0 saturated heterocycles. The van der Waals surface area contributed by atoms with Crippen LogP contribution in [0.3, 0.4) is 0 Å². The van der Waals surface area contributed by atoms with Crippen LogP contribution in [0.25, 0.3) is 11.5 Å². The van der Waals surface area contributed by atoms with Crippen molar-refractivity contribution in [1.29, 1.82) is 0 Å². The van der Waals surface area contributed by atoms with Crippen molar-refractivity contribution in [1.82, 2.24) is 9.71 Å². The molecule has 0 aliphatic rings. The number of aromatic nitrogens is 1. The summed E-state index contributed by atoms with van der Waals surface area (Å²) in [6.07, 6.45) is 3.21. The van der Waals surface area contributed by atoms with Gasteiger partial charge >= 0.3 is 0 Å². The fourth-order valence-corrected chi connectivity index (χ4v) is 4.04. The van der Waals surface area contributed by atoms with Gasteiger partial charge in [0.25, 0.3) is 0 Å². The van der Waals surface area contributed by atoms with Crippen molar-refractivity contribution < 1.29 is 12.8 Å². The molecule has 0 aliphatic carbocycles. The minimum Gasteiger partial charge on any atom is -0.463 e. The Morgan fingerprint density at radius 3 is 2.57 bits per heavy atom. The van der Waals surface area contributed by atoms with Gasteiger partial charge in [-0.25, -0.2) is 13.1 Å². The highest BCUT2D eigenvalue weighted by Gasteiger charge is 2.16. The Labute approximate surface area is 142 Å². The number of hydrogen-bond acceptors (Lipinski definition) is 4. The van der Waals surface area contributed by atoms with Crippen LogP contribution in [-0.4, -0.2) is 13.4 Å². The zero-order valence-electron chi connectivity index (χ0n) is 11.9. The molecule has 1 N–H and O–H groups in total. The SMILES string of the molecule is O=S(=O)(NCc1ccc(-c2ccco2)nc1)c1ccccc1Br. The van der Waals surface area contributed by atoms with Crippen molar-refractivity contribution in [2.75, 3.05) is 0 Å². The summed E-state index contributed by atoms with van der Waals surface area (Å²) in [7, 11) is -3.59. The average molecular weight is 393 g/mol. The largest absolute Gasteiger partial charge is 0.463 e. The van der Waals surface area contributed by atoms with Gasteiger partial charge in [-0.15, -0.1) is 0 Å². The molecule has 0 aliphatic heterocycles. The molecule has 118 valence electrons. The molecule has 3 rings (SSSR count). The summed E-state index contributed by atoms with van der Waals surface area (Å²) in [6, 6.07) is 13.9. The molecule has 3 aromatic rings. The second kappa shape index (κ2) is 6.66. The van der Waals surface area contributed by atoms with E-state index in [2.05, 4.69) is 25.6 Å². The number of hydrogen-bond donors (Lipinski definition) is 1. The van der Waals surface area contributed by atoms with Crippen molar-refractivity contribution in [3.8, 4) is 11.5 Å². The second-order valence-electron chi connectivity index (χ2n) is 4.78. The topological polar surface area (TPSA) is 72.2 Å². The van der Waals surface area contributed by atoms with E-state index in [1.807, 2.05) is 12.1 Å². The van der Waals surface area contributed by atoms with E-state index in [9.17, 15) is 8.42 Å². The first-order valence-corrected chi connectivity index (χ1v) is 9.07. The first-order chi connectivity index (χ1) is 11.1. The Morgan fingerprint density at radius 1 is 1.09 bits per heavy atom. The zero-order valence-corrected chi connectivity index (χ0v) is 14.3. The van der Waals surface area contributed by atoms with Crippen molar-refractivity contribution in [2.24, 2.45) is 0 Å². The van der Waals surface area contributed by atoms with Crippen LogP contribution < -0.4 is 4.72 Å². The molecule has 5 nitrogen and oxygen atoms in total. The molecule has 0 spiro atoms. The molecule has 0 radical (unpaired) electrons. The van der Waals surface area contributed by atoms with Crippen molar-refractivity contribution >= 4 is 26.0 Å². The van der Waals surface area contributed by atoms with Gasteiger partial charge in [0.1, 0.15) is 5.69 Å². The summed E-state index contributed by atoms with van der Waals surface area (Å²) >= 11 is 3.25. The molecule has 0 unspecified atom stereocenters. The molecule has 1 aromatic carbocycles. The predicted octanol–water partition coefficient (Wildman–Crippen LogP) is 3.58. The lowest BCUT2D eigenvalue weighted by molar-refractivity contribution is 0.578. The third-order valence-electron chi connectivity index (χ3n) is 3.19. The van der Waals surface area contributed by atoms with Gasteiger partial charge < -0.3 is 4.42 Å². The highest BCUT2D eigenvalue weighted by atomic mass is 79.9. The maximum Gasteiger partial charge on any atom is 0.241 e. The van der Waals surface area contributed by atoms with Gasteiger partial charge in [0.15, 0.2) is 5.76 Å².